The molecule has 0 spiro atoms. The fraction of sp³-hybridized carbons (Fsp3) is 0.562. The third kappa shape index (κ3) is 4.93. The smallest absolute Gasteiger partial charge is 0.258 e. The van der Waals surface area contributed by atoms with Crippen LogP contribution in [0.1, 0.15) is 39.2 Å². The lowest BCUT2D eigenvalue weighted by molar-refractivity contribution is -0.124. The molecule has 0 aliphatic carbocycles. The number of hydrogen-bond acceptors (Lipinski definition) is 4. The molecule has 4 N–H and O–H groups in total. The van der Waals surface area contributed by atoms with Crippen molar-refractivity contribution in [1.82, 2.24) is 0 Å². The molecule has 0 fully saturated rings. The topological polar surface area (TPSA) is 87.6 Å². The maximum Gasteiger partial charge on any atom is 0.258 e. The number of hydrogen-bond donors (Lipinski definition) is 2. The Kier molecular flexibility index (Phi) is 7.02. The molecule has 0 saturated heterocycles. The fourth-order valence-electron chi connectivity index (χ4n) is 2.04. The van der Waals surface area contributed by atoms with Gasteiger partial charge in [0.1, 0.15) is 0 Å². The average Bonchev–Trinajstić information content (AvgIpc) is 2.46. The Labute approximate surface area is 126 Å². The van der Waals surface area contributed by atoms with Crippen LogP contribution in [0.25, 0.3) is 0 Å². The fourth-order valence-corrected chi connectivity index (χ4v) is 2.04. The first-order valence-corrected chi connectivity index (χ1v) is 7.49. The van der Waals surface area contributed by atoms with Crippen LogP contribution in [-0.4, -0.2) is 24.7 Å². The van der Waals surface area contributed by atoms with E-state index >= 15 is 0 Å². The lowest BCUT2D eigenvalue weighted by Crippen LogP contribution is -2.33. The SMILES string of the molecule is CCOc1cccc(CC(N)CC)c1OC(CC)C(N)=O. The van der Waals surface area contributed by atoms with Crippen molar-refractivity contribution in [3.8, 4) is 11.5 Å². The second-order valence-corrected chi connectivity index (χ2v) is 4.97. The van der Waals surface area contributed by atoms with Crippen molar-refractivity contribution < 1.29 is 14.3 Å². The van der Waals surface area contributed by atoms with Gasteiger partial charge in [0.05, 0.1) is 6.61 Å². The Morgan fingerprint density at radius 3 is 2.48 bits per heavy atom. The number of amides is 1. The Morgan fingerprint density at radius 1 is 1.24 bits per heavy atom. The highest BCUT2D eigenvalue weighted by Gasteiger charge is 2.20. The molecule has 21 heavy (non-hydrogen) atoms. The predicted octanol–water partition coefficient (Wildman–Crippen LogP) is 2.01. The van der Waals surface area contributed by atoms with Gasteiger partial charge in [-0.05, 0) is 37.8 Å². The summed E-state index contributed by atoms with van der Waals surface area (Å²) >= 11 is 0. The van der Waals surface area contributed by atoms with Gasteiger partial charge >= 0.3 is 0 Å². The molecule has 1 aromatic carbocycles. The minimum Gasteiger partial charge on any atom is -0.490 e. The molecule has 0 aromatic heterocycles. The maximum atomic E-state index is 11.4. The molecule has 0 bridgehead atoms. The average molecular weight is 294 g/mol. The van der Waals surface area contributed by atoms with Gasteiger partial charge in [-0.2, -0.15) is 0 Å². The normalized spacial score (nSPS) is 13.5. The molecule has 0 aliphatic rings. The van der Waals surface area contributed by atoms with Gasteiger partial charge in [-0.25, -0.2) is 0 Å². The Morgan fingerprint density at radius 2 is 1.95 bits per heavy atom. The minimum atomic E-state index is -0.664. The van der Waals surface area contributed by atoms with Crippen LogP contribution in [0.2, 0.25) is 0 Å². The van der Waals surface area contributed by atoms with Gasteiger partial charge in [-0.1, -0.05) is 26.0 Å². The molecule has 2 unspecified atom stereocenters. The first-order valence-electron chi connectivity index (χ1n) is 7.49. The van der Waals surface area contributed by atoms with E-state index in [4.69, 9.17) is 20.9 Å². The first-order chi connectivity index (χ1) is 10.0. The van der Waals surface area contributed by atoms with E-state index in [-0.39, 0.29) is 6.04 Å². The van der Waals surface area contributed by atoms with Gasteiger partial charge in [0.25, 0.3) is 5.91 Å². The van der Waals surface area contributed by atoms with Crippen LogP contribution in [0.3, 0.4) is 0 Å². The second kappa shape index (κ2) is 8.52. The van der Waals surface area contributed by atoms with E-state index in [0.717, 1.165) is 12.0 Å². The van der Waals surface area contributed by atoms with Gasteiger partial charge in [0.2, 0.25) is 0 Å². The molecule has 0 aliphatic heterocycles. The molecular formula is C16H26N2O3. The highest BCUT2D eigenvalue weighted by atomic mass is 16.5. The van der Waals surface area contributed by atoms with E-state index in [1.807, 2.05) is 39.0 Å². The summed E-state index contributed by atoms with van der Waals surface area (Å²) in [5, 5.41) is 0. The summed E-state index contributed by atoms with van der Waals surface area (Å²) in [6.07, 6.45) is 1.38. The molecule has 2 atom stereocenters. The van der Waals surface area contributed by atoms with Crippen LogP contribution < -0.4 is 20.9 Å². The van der Waals surface area contributed by atoms with Crippen LogP contribution in [0.4, 0.5) is 0 Å². The maximum absolute atomic E-state index is 11.4. The van der Waals surface area contributed by atoms with Crippen molar-refractivity contribution >= 4 is 5.91 Å². The number of carbonyl (C=O) groups excluding carboxylic acids is 1. The standard InChI is InChI=1S/C16H26N2O3/c1-4-12(17)10-11-8-7-9-14(20-6-3)15(11)21-13(5-2)16(18)19/h7-9,12-13H,4-6,10,17H2,1-3H3,(H2,18,19). The second-order valence-electron chi connectivity index (χ2n) is 4.97. The van der Waals surface area contributed by atoms with Crippen molar-refractivity contribution in [2.24, 2.45) is 11.5 Å². The van der Waals surface area contributed by atoms with Crippen molar-refractivity contribution in [2.75, 3.05) is 6.61 Å². The molecule has 1 rings (SSSR count). The number of rotatable bonds is 9. The van der Waals surface area contributed by atoms with Crippen LogP contribution >= 0.6 is 0 Å². The van der Waals surface area contributed by atoms with E-state index in [2.05, 4.69) is 0 Å². The van der Waals surface area contributed by atoms with Crippen molar-refractivity contribution in [3.05, 3.63) is 23.8 Å². The number of benzene rings is 1. The Balaban J connectivity index is 3.12. The summed E-state index contributed by atoms with van der Waals surface area (Å²) < 4.78 is 11.4. The van der Waals surface area contributed by atoms with Gasteiger partial charge in [-0.3, -0.25) is 4.79 Å². The number of para-hydroxylation sites is 1. The third-order valence-electron chi connectivity index (χ3n) is 3.32. The highest BCUT2D eigenvalue weighted by Crippen LogP contribution is 2.33. The quantitative estimate of drug-likeness (QED) is 0.729. The molecule has 5 heteroatoms. The number of primary amides is 1. The van der Waals surface area contributed by atoms with E-state index in [1.54, 1.807) is 0 Å². The summed E-state index contributed by atoms with van der Waals surface area (Å²) in [4.78, 5) is 11.4. The minimum absolute atomic E-state index is 0.0397. The van der Waals surface area contributed by atoms with Crippen molar-refractivity contribution in [3.63, 3.8) is 0 Å². The molecular weight excluding hydrogens is 268 g/mol. The van der Waals surface area contributed by atoms with Gasteiger partial charge in [0, 0.05) is 6.04 Å². The monoisotopic (exact) mass is 294 g/mol. The Hall–Kier alpha value is -1.75. The number of carbonyl (C=O) groups is 1. The van der Waals surface area contributed by atoms with E-state index < -0.39 is 12.0 Å². The van der Waals surface area contributed by atoms with Gasteiger partial charge < -0.3 is 20.9 Å². The zero-order chi connectivity index (χ0) is 15.8. The van der Waals surface area contributed by atoms with Crippen LogP contribution in [0.15, 0.2) is 18.2 Å². The molecule has 1 amide bonds. The molecule has 5 nitrogen and oxygen atoms in total. The van der Waals surface area contributed by atoms with Crippen LogP contribution in [-0.2, 0) is 11.2 Å². The van der Waals surface area contributed by atoms with E-state index in [0.29, 0.717) is 30.9 Å². The van der Waals surface area contributed by atoms with E-state index in [9.17, 15) is 4.79 Å². The number of ether oxygens (including phenoxy) is 2. The van der Waals surface area contributed by atoms with Crippen molar-refractivity contribution in [2.45, 2.75) is 52.2 Å². The molecule has 1 aromatic rings. The number of nitrogens with two attached hydrogens (primary N) is 2. The van der Waals surface area contributed by atoms with Gasteiger partial charge in [0.15, 0.2) is 17.6 Å². The lowest BCUT2D eigenvalue weighted by atomic mass is 10.0. The molecule has 0 heterocycles. The summed E-state index contributed by atoms with van der Waals surface area (Å²) in [7, 11) is 0. The van der Waals surface area contributed by atoms with Crippen LogP contribution in [0.5, 0.6) is 11.5 Å². The van der Waals surface area contributed by atoms with Crippen molar-refractivity contribution in [1.29, 1.82) is 0 Å². The molecule has 0 radical (unpaired) electrons. The first kappa shape index (κ1) is 17.3. The van der Waals surface area contributed by atoms with E-state index in [1.165, 1.54) is 0 Å². The zero-order valence-electron chi connectivity index (χ0n) is 13.1. The molecule has 0 saturated carbocycles. The van der Waals surface area contributed by atoms with Crippen LogP contribution in [0, 0.1) is 0 Å². The highest BCUT2D eigenvalue weighted by molar-refractivity contribution is 5.79. The predicted molar refractivity (Wildman–Crippen MR) is 83.5 cm³/mol. The summed E-state index contributed by atoms with van der Waals surface area (Å²) in [6, 6.07) is 5.72. The summed E-state index contributed by atoms with van der Waals surface area (Å²) in [6.45, 7) is 6.32. The zero-order valence-corrected chi connectivity index (χ0v) is 13.1. The summed E-state index contributed by atoms with van der Waals surface area (Å²) in [5.41, 5.74) is 12.3. The van der Waals surface area contributed by atoms with Gasteiger partial charge in [-0.15, -0.1) is 0 Å². The largest absolute Gasteiger partial charge is 0.490 e. The molecule has 118 valence electrons. The lowest BCUT2D eigenvalue weighted by Gasteiger charge is -2.21. The Bertz CT molecular complexity index is 463. The summed E-state index contributed by atoms with van der Waals surface area (Å²) in [5.74, 6) is 0.724. The third-order valence-corrected chi connectivity index (χ3v) is 3.32.